The number of rotatable bonds is 4. The molecule has 12 heavy (non-hydrogen) atoms. The summed E-state index contributed by atoms with van der Waals surface area (Å²) in [6, 6.07) is 0. The number of hydrogen-bond donors (Lipinski definition) is 1. The normalized spacial score (nSPS) is 11.7. The molecule has 0 saturated carbocycles. The molecule has 0 aliphatic rings. The van der Waals surface area contributed by atoms with Gasteiger partial charge in [-0.3, -0.25) is 9.35 Å². The molecular weight excluding hydrogens is 184 g/mol. The SMILES string of the molecule is CC(C)C(=O)OCCS(=O)(=O)O. The van der Waals surface area contributed by atoms with E-state index in [0.29, 0.717) is 0 Å². The summed E-state index contributed by atoms with van der Waals surface area (Å²) in [6.07, 6.45) is 0. The number of carbonyl (C=O) groups is 1. The molecule has 0 bridgehead atoms. The van der Waals surface area contributed by atoms with Gasteiger partial charge in [0.25, 0.3) is 10.1 Å². The lowest BCUT2D eigenvalue weighted by atomic mass is 10.2. The first-order valence-electron chi connectivity index (χ1n) is 3.44. The first-order valence-corrected chi connectivity index (χ1v) is 5.05. The highest BCUT2D eigenvalue weighted by Gasteiger charge is 2.10. The molecule has 0 aromatic carbocycles. The maximum absolute atomic E-state index is 10.7. The van der Waals surface area contributed by atoms with Crippen molar-refractivity contribution in [3.05, 3.63) is 0 Å². The Bertz CT molecular complexity index is 241. The predicted molar refractivity (Wildman–Crippen MR) is 42.2 cm³/mol. The lowest BCUT2D eigenvalue weighted by Crippen LogP contribution is -2.17. The molecule has 1 N–H and O–H groups in total. The molecule has 0 aromatic heterocycles. The first kappa shape index (κ1) is 11.4. The third-order valence-corrected chi connectivity index (χ3v) is 1.74. The van der Waals surface area contributed by atoms with E-state index in [2.05, 4.69) is 4.74 Å². The van der Waals surface area contributed by atoms with Crippen LogP contribution in [0.3, 0.4) is 0 Å². The average molecular weight is 196 g/mol. The van der Waals surface area contributed by atoms with Gasteiger partial charge in [0.15, 0.2) is 0 Å². The third kappa shape index (κ3) is 6.11. The number of hydrogen-bond acceptors (Lipinski definition) is 4. The molecule has 0 amide bonds. The number of carbonyl (C=O) groups excluding carboxylic acids is 1. The fourth-order valence-electron chi connectivity index (χ4n) is 0.414. The van der Waals surface area contributed by atoms with Crippen molar-refractivity contribution in [1.29, 1.82) is 0 Å². The van der Waals surface area contributed by atoms with Gasteiger partial charge in [0, 0.05) is 0 Å². The highest BCUT2D eigenvalue weighted by atomic mass is 32.2. The zero-order valence-electron chi connectivity index (χ0n) is 6.98. The van der Waals surface area contributed by atoms with E-state index in [1.165, 1.54) is 0 Å². The van der Waals surface area contributed by atoms with Crippen LogP contribution >= 0.6 is 0 Å². The summed E-state index contributed by atoms with van der Waals surface area (Å²) in [4.78, 5) is 10.7. The van der Waals surface area contributed by atoms with E-state index in [1.54, 1.807) is 13.8 Å². The Morgan fingerprint density at radius 3 is 2.33 bits per heavy atom. The molecule has 0 unspecified atom stereocenters. The van der Waals surface area contributed by atoms with Crippen molar-refractivity contribution in [2.75, 3.05) is 12.4 Å². The fourth-order valence-corrected chi connectivity index (χ4v) is 0.708. The van der Waals surface area contributed by atoms with Crippen molar-refractivity contribution < 1.29 is 22.5 Å². The number of esters is 1. The minimum Gasteiger partial charge on any atom is -0.464 e. The van der Waals surface area contributed by atoms with Gasteiger partial charge in [-0.1, -0.05) is 13.8 Å². The van der Waals surface area contributed by atoms with E-state index in [-0.39, 0.29) is 12.5 Å². The third-order valence-electron chi connectivity index (χ3n) is 1.06. The van der Waals surface area contributed by atoms with Gasteiger partial charge in [-0.25, -0.2) is 0 Å². The van der Waals surface area contributed by atoms with Gasteiger partial charge >= 0.3 is 5.97 Å². The van der Waals surface area contributed by atoms with E-state index in [1.807, 2.05) is 0 Å². The van der Waals surface area contributed by atoms with Crippen LogP contribution in [0.15, 0.2) is 0 Å². The predicted octanol–water partition coefficient (Wildman–Crippen LogP) is 0.0734. The molecule has 0 aliphatic carbocycles. The molecule has 5 nitrogen and oxygen atoms in total. The Hall–Kier alpha value is -0.620. The Morgan fingerprint density at radius 1 is 1.50 bits per heavy atom. The summed E-state index contributed by atoms with van der Waals surface area (Å²) in [6.45, 7) is 2.97. The molecule has 0 atom stereocenters. The molecule has 0 aliphatic heterocycles. The summed E-state index contributed by atoms with van der Waals surface area (Å²) in [7, 11) is -4.02. The van der Waals surface area contributed by atoms with Crippen LogP contribution in [0.4, 0.5) is 0 Å². The van der Waals surface area contributed by atoms with Crippen LogP contribution < -0.4 is 0 Å². The Morgan fingerprint density at radius 2 is 2.00 bits per heavy atom. The summed E-state index contributed by atoms with van der Waals surface area (Å²) >= 11 is 0. The van der Waals surface area contributed by atoms with Crippen molar-refractivity contribution in [2.24, 2.45) is 5.92 Å². The van der Waals surface area contributed by atoms with E-state index in [0.717, 1.165) is 0 Å². The van der Waals surface area contributed by atoms with Crippen molar-refractivity contribution >= 4 is 16.1 Å². The Kier molecular flexibility index (Phi) is 4.19. The molecule has 0 rings (SSSR count). The lowest BCUT2D eigenvalue weighted by Gasteiger charge is -2.04. The molecule has 0 saturated heterocycles. The van der Waals surface area contributed by atoms with Crippen LogP contribution in [-0.2, 0) is 19.6 Å². The van der Waals surface area contributed by atoms with Crippen molar-refractivity contribution in [2.45, 2.75) is 13.8 Å². The average Bonchev–Trinajstić information content (AvgIpc) is 1.84. The second kappa shape index (κ2) is 4.42. The summed E-state index contributed by atoms with van der Waals surface area (Å²) in [5.41, 5.74) is 0. The number of ether oxygens (including phenoxy) is 1. The Labute approximate surface area is 71.5 Å². The van der Waals surface area contributed by atoms with E-state index >= 15 is 0 Å². The van der Waals surface area contributed by atoms with Gasteiger partial charge in [-0.05, 0) is 0 Å². The fraction of sp³-hybridized carbons (Fsp3) is 0.833. The van der Waals surface area contributed by atoms with Crippen LogP contribution in [0.2, 0.25) is 0 Å². The highest BCUT2D eigenvalue weighted by molar-refractivity contribution is 7.85. The van der Waals surface area contributed by atoms with E-state index in [9.17, 15) is 13.2 Å². The van der Waals surface area contributed by atoms with Crippen LogP contribution in [0.1, 0.15) is 13.8 Å². The summed E-state index contributed by atoms with van der Waals surface area (Å²) in [5, 5.41) is 0. The topological polar surface area (TPSA) is 80.7 Å². The smallest absolute Gasteiger partial charge is 0.308 e. The van der Waals surface area contributed by atoms with Gasteiger partial charge in [-0.2, -0.15) is 8.42 Å². The molecule has 72 valence electrons. The molecule has 0 radical (unpaired) electrons. The maximum atomic E-state index is 10.7. The van der Waals surface area contributed by atoms with Crippen LogP contribution in [0, 0.1) is 5.92 Å². The lowest BCUT2D eigenvalue weighted by molar-refractivity contribution is -0.146. The monoisotopic (exact) mass is 196 g/mol. The molecule has 0 fully saturated rings. The zero-order valence-corrected chi connectivity index (χ0v) is 7.80. The first-order chi connectivity index (χ1) is 5.33. The van der Waals surface area contributed by atoms with Gasteiger partial charge in [0.05, 0.1) is 5.92 Å². The van der Waals surface area contributed by atoms with Crippen molar-refractivity contribution in [1.82, 2.24) is 0 Å². The second-order valence-corrected chi connectivity index (χ2v) is 4.18. The largest absolute Gasteiger partial charge is 0.464 e. The minimum absolute atomic E-state index is 0.286. The van der Waals surface area contributed by atoms with Crippen LogP contribution in [0.25, 0.3) is 0 Å². The van der Waals surface area contributed by atoms with Gasteiger partial charge < -0.3 is 4.74 Å². The van der Waals surface area contributed by atoms with Gasteiger partial charge in [0.2, 0.25) is 0 Å². The molecular formula is C6H12O5S. The zero-order chi connectivity index (χ0) is 9.78. The molecule has 0 spiro atoms. The van der Waals surface area contributed by atoms with E-state index < -0.39 is 21.8 Å². The van der Waals surface area contributed by atoms with E-state index in [4.69, 9.17) is 4.55 Å². The second-order valence-electron chi connectivity index (χ2n) is 2.61. The quantitative estimate of drug-likeness (QED) is 0.508. The summed E-state index contributed by atoms with van der Waals surface area (Å²) in [5.74, 6) is -1.31. The molecule has 6 heteroatoms. The summed E-state index contributed by atoms with van der Waals surface area (Å²) < 4.78 is 33.0. The van der Waals surface area contributed by atoms with Crippen molar-refractivity contribution in [3.8, 4) is 0 Å². The van der Waals surface area contributed by atoms with Crippen LogP contribution in [0.5, 0.6) is 0 Å². The Balaban J connectivity index is 3.66. The standard InChI is InChI=1S/C6H12O5S/c1-5(2)6(7)11-3-4-12(8,9)10/h5H,3-4H2,1-2H3,(H,8,9,10). The van der Waals surface area contributed by atoms with Crippen LogP contribution in [-0.4, -0.2) is 31.3 Å². The van der Waals surface area contributed by atoms with Gasteiger partial charge in [0.1, 0.15) is 12.4 Å². The van der Waals surface area contributed by atoms with Gasteiger partial charge in [-0.15, -0.1) is 0 Å². The van der Waals surface area contributed by atoms with Crippen molar-refractivity contribution in [3.63, 3.8) is 0 Å². The minimum atomic E-state index is -4.02. The maximum Gasteiger partial charge on any atom is 0.308 e. The molecule has 0 aromatic rings. The molecule has 0 heterocycles. The highest BCUT2D eigenvalue weighted by Crippen LogP contribution is 1.95.